The van der Waals surface area contributed by atoms with Crippen LogP contribution in [0.5, 0.6) is 23.0 Å². The number of carbonyl (C=O) groups excluding carboxylic acids is 1. The van der Waals surface area contributed by atoms with Gasteiger partial charge in [0.25, 0.3) is 5.91 Å². The number of amides is 1. The van der Waals surface area contributed by atoms with Crippen molar-refractivity contribution >= 4 is 28.5 Å². The summed E-state index contributed by atoms with van der Waals surface area (Å²) < 4.78 is 24.2. The Kier molecular flexibility index (Phi) is 9.19. The molecule has 0 aliphatic rings. The van der Waals surface area contributed by atoms with Gasteiger partial charge in [0.15, 0.2) is 11.5 Å². The molecule has 206 valence electrons. The number of unbranched alkanes of at least 4 members (excludes halogenated alkanes) is 1. The van der Waals surface area contributed by atoms with Gasteiger partial charge in [0, 0.05) is 17.1 Å². The van der Waals surface area contributed by atoms with Crippen LogP contribution < -0.4 is 24.3 Å². The summed E-state index contributed by atoms with van der Waals surface area (Å²) in [5.41, 5.74) is 4.33. The monoisotopic (exact) mass is 551 g/mol. The minimum absolute atomic E-state index is 0.268. The molecule has 0 aliphatic heterocycles. The fourth-order valence-electron chi connectivity index (χ4n) is 4.53. The van der Waals surface area contributed by atoms with Crippen molar-refractivity contribution in [2.24, 2.45) is 0 Å². The lowest BCUT2D eigenvalue weighted by Crippen LogP contribution is -2.25. The number of nitrogens with zero attached hydrogens (tertiary/aromatic N) is 2. The van der Waals surface area contributed by atoms with Gasteiger partial charge in [0.1, 0.15) is 11.6 Å². The van der Waals surface area contributed by atoms with Crippen LogP contribution in [0.1, 0.15) is 40.2 Å². The number of aryl methyl sites for hydroxylation is 3. The molecule has 0 saturated heterocycles. The molecule has 3 aromatic carbocycles. The molecule has 0 unspecified atom stereocenters. The van der Waals surface area contributed by atoms with Crippen LogP contribution in [0.2, 0.25) is 5.02 Å². The zero-order valence-corrected chi connectivity index (χ0v) is 23.7. The maximum Gasteiger partial charge on any atom is 0.251 e. The molecule has 1 heterocycles. The molecular weight excluding hydrogens is 518 g/mol. The second-order valence-corrected chi connectivity index (χ2v) is 9.57. The molecule has 0 atom stereocenters. The number of hydrogen-bond donors (Lipinski definition) is 1. The topological polar surface area (TPSA) is 83.8 Å². The summed E-state index contributed by atoms with van der Waals surface area (Å²) in [6.45, 7) is 5.57. The molecule has 1 aromatic heterocycles. The first-order chi connectivity index (χ1) is 18.9. The molecule has 9 heteroatoms. The number of carbonyl (C=O) groups is 1. The van der Waals surface area contributed by atoms with Crippen molar-refractivity contribution in [2.45, 2.75) is 39.8 Å². The SMILES string of the molecule is COc1cc(C(=O)NCc2nc3ccccc3n2CCCCOc2cc(C)c(Cl)c(C)c2)cc(OC)c1OC. The standard InChI is InChI=1S/C30H34ClN3O5/c1-19-14-22(15-20(2)28(19)31)39-13-9-8-12-34-24-11-7-6-10-23(24)33-27(34)18-32-30(35)21-16-25(36-3)29(38-5)26(17-21)37-4/h6-7,10-11,14-17H,8-9,12-13,18H2,1-5H3,(H,32,35). The Bertz CT molecular complexity index is 1420. The lowest BCUT2D eigenvalue weighted by atomic mass is 10.1. The molecule has 0 bridgehead atoms. The molecule has 4 rings (SSSR count). The number of methoxy groups -OCH3 is 3. The Labute approximate surface area is 233 Å². The largest absolute Gasteiger partial charge is 0.494 e. The van der Waals surface area contributed by atoms with Crippen LogP contribution in [0.15, 0.2) is 48.5 Å². The third-order valence-electron chi connectivity index (χ3n) is 6.52. The average molecular weight is 552 g/mol. The van der Waals surface area contributed by atoms with Gasteiger partial charge in [-0.2, -0.15) is 0 Å². The van der Waals surface area contributed by atoms with Gasteiger partial charge in [0.05, 0.1) is 45.5 Å². The Morgan fingerprint density at radius 3 is 2.26 bits per heavy atom. The Balaban J connectivity index is 1.42. The number of benzene rings is 3. The van der Waals surface area contributed by atoms with E-state index in [1.165, 1.54) is 21.3 Å². The first-order valence-electron chi connectivity index (χ1n) is 12.8. The van der Waals surface area contributed by atoms with Gasteiger partial charge in [-0.3, -0.25) is 4.79 Å². The lowest BCUT2D eigenvalue weighted by Gasteiger charge is -2.14. The number of para-hydroxylation sites is 2. The highest BCUT2D eigenvalue weighted by atomic mass is 35.5. The highest BCUT2D eigenvalue weighted by Crippen LogP contribution is 2.38. The third-order valence-corrected chi connectivity index (χ3v) is 7.12. The van der Waals surface area contributed by atoms with Gasteiger partial charge in [-0.15, -0.1) is 0 Å². The number of rotatable bonds is 12. The van der Waals surface area contributed by atoms with Crippen LogP contribution in [0.3, 0.4) is 0 Å². The van der Waals surface area contributed by atoms with E-state index in [0.29, 0.717) is 29.4 Å². The van der Waals surface area contributed by atoms with Crippen LogP contribution in [-0.2, 0) is 13.1 Å². The second kappa shape index (κ2) is 12.8. The molecule has 39 heavy (non-hydrogen) atoms. The summed E-state index contributed by atoms with van der Waals surface area (Å²) in [4.78, 5) is 17.8. The molecule has 1 amide bonds. The van der Waals surface area contributed by atoms with Gasteiger partial charge in [-0.05, 0) is 74.2 Å². The van der Waals surface area contributed by atoms with Gasteiger partial charge < -0.3 is 28.8 Å². The van der Waals surface area contributed by atoms with Crippen LogP contribution in [0.25, 0.3) is 11.0 Å². The Hall–Kier alpha value is -3.91. The quantitative estimate of drug-likeness (QED) is 0.213. The van der Waals surface area contributed by atoms with Crippen LogP contribution in [0, 0.1) is 13.8 Å². The smallest absolute Gasteiger partial charge is 0.251 e. The molecule has 8 nitrogen and oxygen atoms in total. The predicted molar refractivity (Wildman–Crippen MR) is 153 cm³/mol. The summed E-state index contributed by atoms with van der Waals surface area (Å²) in [6.07, 6.45) is 1.75. The van der Waals surface area contributed by atoms with Crippen molar-refractivity contribution in [2.75, 3.05) is 27.9 Å². The lowest BCUT2D eigenvalue weighted by molar-refractivity contribution is 0.0948. The van der Waals surface area contributed by atoms with Gasteiger partial charge in [0.2, 0.25) is 5.75 Å². The summed E-state index contributed by atoms with van der Waals surface area (Å²) >= 11 is 6.27. The number of hydrogen-bond acceptors (Lipinski definition) is 6. The predicted octanol–water partition coefficient (Wildman–Crippen LogP) is 6.12. The molecular formula is C30H34ClN3O5. The van der Waals surface area contributed by atoms with Gasteiger partial charge >= 0.3 is 0 Å². The molecule has 0 radical (unpaired) electrons. The number of ether oxygens (including phenoxy) is 4. The highest BCUT2D eigenvalue weighted by molar-refractivity contribution is 6.32. The number of fused-ring (bicyclic) bond motifs is 1. The summed E-state index contributed by atoms with van der Waals surface area (Å²) in [6, 6.07) is 15.2. The maximum atomic E-state index is 13.1. The van der Waals surface area contributed by atoms with Crippen LogP contribution in [-0.4, -0.2) is 43.4 Å². The summed E-state index contributed by atoms with van der Waals surface area (Å²) in [5, 5.41) is 3.76. The van der Waals surface area contributed by atoms with Crippen LogP contribution in [0.4, 0.5) is 0 Å². The van der Waals surface area contributed by atoms with E-state index in [2.05, 4.69) is 9.88 Å². The van der Waals surface area contributed by atoms with E-state index in [-0.39, 0.29) is 12.5 Å². The van der Waals surface area contributed by atoms with Crippen molar-refractivity contribution in [1.82, 2.24) is 14.9 Å². The zero-order valence-electron chi connectivity index (χ0n) is 23.0. The first-order valence-corrected chi connectivity index (χ1v) is 13.2. The number of aromatic nitrogens is 2. The maximum absolute atomic E-state index is 13.1. The van der Waals surface area contributed by atoms with E-state index >= 15 is 0 Å². The second-order valence-electron chi connectivity index (χ2n) is 9.19. The molecule has 0 saturated carbocycles. The van der Waals surface area contributed by atoms with E-state index in [1.807, 2.05) is 50.2 Å². The minimum Gasteiger partial charge on any atom is -0.494 e. The van der Waals surface area contributed by atoms with Crippen molar-refractivity contribution in [3.8, 4) is 23.0 Å². The zero-order chi connectivity index (χ0) is 27.9. The molecule has 0 spiro atoms. The molecule has 0 aliphatic carbocycles. The van der Waals surface area contributed by atoms with Crippen molar-refractivity contribution in [1.29, 1.82) is 0 Å². The molecule has 1 N–H and O–H groups in total. The fourth-order valence-corrected chi connectivity index (χ4v) is 4.64. The minimum atomic E-state index is -0.269. The fraction of sp³-hybridized carbons (Fsp3) is 0.333. The van der Waals surface area contributed by atoms with E-state index in [9.17, 15) is 4.79 Å². The van der Waals surface area contributed by atoms with Crippen molar-refractivity contribution in [3.05, 3.63) is 76.1 Å². The highest BCUT2D eigenvalue weighted by Gasteiger charge is 2.18. The van der Waals surface area contributed by atoms with Crippen LogP contribution >= 0.6 is 11.6 Å². The van der Waals surface area contributed by atoms with E-state index in [1.54, 1.807) is 12.1 Å². The van der Waals surface area contributed by atoms with Gasteiger partial charge in [-0.1, -0.05) is 23.7 Å². The number of nitrogens with one attached hydrogen (secondary N) is 1. The Morgan fingerprint density at radius 1 is 0.949 bits per heavy atom. The summed E-state index contributed by atoms with van der Waals surface area (Å²) in [7, 11) is 4.56. The van der Waals surface area contributed by atoms with E-state index in [4.69, 9.17) is 35.5 Å². The van der Waals surface area contributed by atoms with E-state index < -0.39 is 0 Å². The van der Waals surface area contributed by atoms with E-state index in [0.717, 1.165) is 58.1 Å². The average Bonchev–Trinajstić information content (AvgIpc) is 3.30. The molecule has 0 fully saturated rings. The Morgan fingerprint density at radius 2 is 1.62 bits per heavy atom. The molecule has 4 aromatic rings. The number of halogens is 1. The van der Waals surface area contributed by atoms with Crippen molar-refractivity contribution in [3.63, 3.8) is 0 Å². The summed E-state index contributed by atoms with van der Waals surface area (Å²) in [5.74, 6) is 2.61. The number of imidazole rings is 1. The normalized spacial score (nSPS) is 10.9. The third kappa shape index (κ3) is 6.40. The van der Waals surface area contributed by atoms with Crippen molar-refractivity contribution < 1.29 is 23.7 Å². The first kappa shape index (κ1) is 28.1. The van der Waals surface area contributed by atoms with Gasteiger partial charge in [-0.25, -0.2) is 4.98 Å².